The summed E-state index contributed by atoms with van der Waals surface area (Å²) in [6.45, 7) is 2.89. The van der Waals surface area contributed by atoms with Crippen LogP contribution in [-0.2, 0) is 21.4 Å². The van der Waals surface area contributed by atoms with Gasteiger partial charge in [0, 0.05) is 24.7 Å². The number of sulfonamides is 1. The summed E-state index contributed by atoms with van der Waals surface area (Å²) in [4.78, 5) is 14.1. The van der Waals surface area contributed by atoms with Crippen molar-refractivity contribution in [2.24, 2.45) is 0 Å². The Labute approximate surface area is 169 Å². The number of rotatable bonds is 3. The maximum absolute atomic E-state index is 12.8. The first kappa shape index (κ1) is 19.1. The third-order valence-electron chi connectivity index (χ3n) is 5.13. The number of nitrogens with zero attached hydrogens (tertiary/aromatic N) is 2. The number of hydrogen-bond donors (Lipinski definition) is 0. The van der Waals surface area contributed by atoms with E-state index in [2.05, 4.69) is 11.5 Å². The Bertz CT molecular complexity index is 1070. The molecule has 28 heavy (non-hydrogen) atoms. The van der Waals surface area contributed by atoms with Gasteiger partial charge in [-0.1, -0.05) is 29.3 Å². The Kier molecular flexibility index (Phi) is 4.96. The summed E-state index contributed by atoms with van der Waals surface area (Å²) in [5.74, 6) is 0. The first-order valence-electron chi connectivity index (χ1n) is 9.01. The van der Waals surface area contributed by atoms with Crippen LogP contribution in [0.4, 0.5) is 10.5 Å². The van der Waals surface area contributed by atoms with Gasteiger partial charge in [0.25, 0.3) is 10.0 Å². The Morgan fingerprint density at radius 1 is 1.18 bits per heavy atom. The number of ether oxygens (including phenoxy) is 1. The highest BCUT2D eigenvalue weighted by molar-refractivity contribution is 7.93. The van der Waals surface area contributed by atoms with Crippen LogP contribution >= 0.6 is 11.6 Å². The number of fused-ring (bicyclic) bond motifs is 1. The fourth-order valence-electron chi connectivity index (χ4n) is 3.70. The summed E-state index contributed by atoms with van der Waals surface area (Å²) < 4.78 is 32.4. The minimum absolute atomic E-state index is 0.0496. The molecule has 4 rings (SSSR count). The molecule has 1 amide bonds. The average Bonchev–Trinajstić information content (AvgIpc) is 2.68. The van der Waals surface area contributed by atoms with E-state index in [1.807, 2.05) is 25.1 Å². The van der Waals surface area contributed by atoms with Crippen molar-refractivity contribution in [2.45, 2.75) is 32.4 Å². The molecule has 0 atom stereocenters. The van der Waals surface area contributed by atoms with Gasteiger partial charge < -0.3 is 4.74 Å². The van der Waals surface area contributed by atoms with Crippen LogP contribution in [0.5, 0.6) is 0 Å². The van der Waals surface area contributed by atoms with Gasteiger partial charge in [0.15, 0.2) is 0 Å². The van der Waals surface area contributed by atoms with Crippen LogP contribution in [0.1, 0.15) is 24.0 Å². The smallest absolute Gasteiger partial charge is 0.414 e. The zero-order chi connectivity index (χ0) is 19.9. The van der Waals surface area contributed by atoms with Crippen molar-refractivity contribution < 1.29 is 17.9 Å². The predicted octanol–water partition coefficient (Wildman–Crippen LogP) is 3.58. The molecule has 0 saturated carbocycles. The zero-order valence-corrected chi connectivity index (χ0v) is 16.9. The standard InChI is InChI=1S/C20H19ClN2O4S/c1-14-2-7-19-15(12-14)13-27-20(24)23(19)17-8-10-22(11-9-17)28(25,26)18-5-3-16(21)4-6-18/h2-3,5,7,12,17H,8-11,13H2,1H3. The molecule has 0 unspecified atom stereocenters. The van der Waals surface area contributed by atoms with Gasteiger partial charge in [-0.3, -0.25) is 4.90 Å². The van der Waals surface area contributed by atoms with Crippen molar-refractivity contribution >= 4 is 33.4 Å². The second kappa shape index (κ2) is 7.28. The number of hydrogen-bond acceptors (Lipinski definition) is 4. The number of piperidine rings is 1. The Morgan fingerprint density at radius 3 is 2.61 bits per heavy atom. The van der Waals surface area contributed by atoms with E-state index in [0.717, 1.165) is 16.8 Å². The van der Waals surface area contributed by atoms with E-state index in [9.17, 15) is 13.2 Å². The molecule has 0 spiro atoms. The number of carbonyl (C=O) groups excluding carboxylic acids is 1. The van der Waals surface area contributed by atoms with Crippen molar-refractivity contribution in [1.82, 2.24) is 4.31 Å². The molecular weight excluding hydrogens is 400 g/mol. The summed E-state index contributed by atoms with van der Waals surface area (Å²) in [5.41, 5.74) is 8.12. The molecule has 1 aliphatic carbocycles. The lowest BCUT2D eigenvalue weighted by Crippen LogP contribution is -2.50. The first-order chi connectivity index (χ1) is 13.4. The van der Waals surface area contributed by atoms with Crippen LogP contribution in [0.15, 0.2) is 51.8 Å². The Balaban J connectivity index is 1.53. The van der Waals surface area contributed by atoms with E-state index in [1.54, 1.807) is 4.90 Å². The molecule has 2 heterocycles. The van der Waals surface area contributed by atoms with E-state index in [1.165, 1.54) is 16.5 Å². The lowest BCUT2D eigenvalue weighted by molar-refractivity contribution is 0.136. The third-order valence-corrected chi connectivity index (χ3v) is 7.19. The quantitative estimate of drug-likeness (QED) is 0.704. The Morgan fingerprint density at radius 2 is 1.93 bits per heavy atom. The predicted molar refractivity (Wildman–Crippen MR) is 106 cm³/mol. The van der Waals surface area contributed by atoms with E-state index < -0.39 is 10.0 Å². The first-order valence-corrected chi connectivity index (χ1v) is 10.8. The second-order valence-corrected chi connectivity index (χ2v) is 9.30. The molecule has 1 aromatic rings. The summed E-state index contributed by atoms with van der Waals surface area (Å²) in [6.07, 6.45) is 3.59. The van der Waals surface area contributed by atoms with Crippen LogP contribution in [0.3, 0.4) is 0 Å². The van der Waals surface area contributed by atoms with Gasteiger partial charge in [-0.15, -0.1) is 0 Å². The summed E-state index contributed by atoms with van der Waals surface area (Å²) in [5, 5.41) is 0.315. The molecule has 6 nitrogen and oxygen atoms in total. The number of benzene rings is 1. The SMILES string of the molecule is Cc1ccc2c(c1)COC(=O)N2C1CCN(S(=O)(=O)C2=C=C=C(Cl)C=C2)CC1. The highest BCUT2D eigenvalue weighted by Gasteiger charge is 2.37. The lowest BCUT2D eigenvalue weighted by Gasteiger charge is -2.39. The van der Waals surface area contributed by atoms with Gasteiger partial charge in [-0.2, -0.15) is 4.31 Å². The van der Waals surface area contributed by atoms with Crippen LogP contribution < -0.4 is 4.90 Å². The van der Waals surface area contributed by atoms with Crippen molar-refractivity contribution in [3.05, 3.63) is 62.9 Å². The minimum atomic E-state index is -3.66. The number of amides is 1. The number of cyclic esters (lactones) is 1. The summed E-state index contributed by atoms with van der Waals surface area (Å²) in [7, 11) is -3.66. The maximum atomic E-state index is 12.8. The van der Waals surface area contributed by atoms with E-state index in [0.29, 0.717) is 31.0 Å². The highest BCUT2D eigenvalue weighted by Crippen LogP contribution is 2.33. The zero-order valence-electron chi connectivity index (χ0n) is 15.3. The van der Waals surface area contributed by atoms with Gasteiger partial charge in [0.2, 0.25) is 0 Å². The van der Waals surface area contributed by atoms with Gasteiger partial charge in [0.1, 0.15) is 11.5 Å². The monoisotopic (exact) mass is 418 g/mol. The normalized spacial score (nSPS) is 20.5. The van der Waals surface area contributed by atoms with E-state index in [4.69, 9.17) is 16.3 Å². The molecule has 1 fully saturated rings. The van der Waals surface area contributed by atoms with Crippen molar-refractivity contribution in [1.29, 1.82) is 0 Å². The molecule has 8 heteroatoms. The molecule has 2 aliphatic heterocycles. The molecule has 0 radical (unpaired) electrons. The number of anilines is 1. The fourth-order valence-corrected chi connectivity index (χ4v) is 5.20. The molecular formula is C20H19ClN2O4S. The molecule has 0 bridgehead atoms. The molecule has 3 aliphatic rings. The molecule has 1 saturated heterocycles. The van der Waals surface area contributed by atoms with Crippen LogP contribution in [0.2, 0.25) is 0 Å². The number of aryl methyl sites for hydroxylation is 1. The lowest BCUT2D eigenvalue weighted by atomic mass is 10.0. The van der Waals surface area contributed by atoms with Gasteiger partial charge in [-0.25, -0.2) is 13.2 Å². The molecule has 146 valence electrons. The van der Waals surface area contributed by atoms with Crippen molar-refractivity contribution in [3.63, 3.8) is 0 Å². The third kappa shape index (κ3) is 3.44. The average molecular weight is 419 g/mol. The summed E-state index contributed by atoms with van der Waals surface area (Å²) in [6, 6.07) is 5.81. The second-order valence-electron chi connectivity index (χ2n) is 6.99. The molecule has 1 aromatic carbocycles. The Hall–Kier alpha value is -2.27. The summed E-state index contributed by atoms with van der Waals surface area (Å²) >= 11 is 5.77. The number of carbonyl (C=O) groups is 1. The van der Waals surface area contributed by atoms with Crippen LogP contribution in [0, 0.1) is 6.92 Å². The molecule has 0 aromatic heterocycles. The van der Waals surface area contributed by atoms with Crippen molar-refractivity contribution in [2.75, 3.05) is 18.0 Å². The topological polar surface area (TPSA) is 66.9 Å². The van der Waals surface area contributed by atoms with E-state index in [-0.39, 0.29) is 23.6 Å². The molecule has 0 N–H and O–H groups in total. The number of allylic oxidation sites excluding steroid dienone is 3. The van der Waals surface area contributed by atoms with Gasteiger partial charge in [0.05, 0.1) is 10.7 Å². The highest BCUT2D eigenvalue weighted by atomic mass is 35.5. The number of halogens is 1. The van der Waals surface area contributed by atoms with Gasteiger partial charge in [-0.05, 0) is 49.4 Å². The van der Waals surface area contributed by atoms with E-state index >= 15 is 0 Å². The van der Waals surface area contributed by atoms with Crippen molar-refractivity contribution in [3.8, 4) is 0 Å². The fraction of sp³-hybridized carbons (Fsp3) is 0.350. The van der Waals surface area contributed by atoms with Crippen LogP contribution in [-0.4, -0.2) is 37.9 Å². The minimum Gasteiger partial charge on any atom is -0.444 e. The largest absolute Gasteiger partial charge is 0.444 e. The maximum Gasteiger partial charge on any atom is 0.414 e. The van der Waals surface area contributed by atoms with Gasteiger partial charge >= 0.3 is 6.09 Å². The van der Waals surface area contributed by atoms with Crippen LogP contribution in [0.25, 0.3) is 0 Å².